The molecule has 158 valence electrons. The third kappa shape index (κ3) is 4.14. The first-order chi connectivity index (χ1) is 14.3. The van der Waals surface area contributed by atoms with E-state index in [1.54, 1.807) is 51.5 Å². The normalized spacial score (nSPS) is 11.2. The quantitative estimate of drug-likeness (QED) is 0.533. The zero-order chi connectivity index (χ0) is 21.9. The number of benzene rings is 3. The second-order valence-electron chi connectivity index (χ2n) is 7.17. The van der Waals surface area contributed by atoms with E-state index in [-0.39, 0.29) is 6.54 Å². The first-order valence-corrected chi connectivity index (χ1v) is 11.1. The topological polar surface area (TPSA) is 55.8 Å². The first-order valence-electron chi connectivity index (χ1n) is 9.65. The Labute approximate surface area is 178 Å². The molecular weight excluding hydrogens is 398 g/mol. The maximum Gasteiger partial charge on any atom is 0.265 e. The zero-order valence-corrected chi connectivity index (χ0v) is 18.8. The van der Waals surface area contributed by atoms with Gasteiger partial charge >= 0.3 is 0 Å². The minimum absolute atomic E-state index is 0.222. The molecule has 30 heavy (non-hydrogen) atoms. The van der Waals surface area contributed by atoms with Crippen LogP contribution in [0.15, 0.2) is 65.6 Å². The fraction of sp³-hybridized carbons (Fsp3) is 0.250. The fourth-order valence-electron chi connectivity index (χ4n) is 3.55. The van der Waals surface area contributed by atoms with Crippen LogP contribution in [0.3, 0.4) is 0 Å². The fourth-order valence-corrected chi connectivity index (χ4v) is 5.50. The van der Waals surface area contributed by atoms with Crippen molar-refractivity contribution >= 4 is 15.7 Å². The predicted molar refractivity (Wildman–Crippen MR) is 120 cm³/mol. The van der Waals surface area contributed by atoms with Crippen LogP contribution < -0.4 is 13.8 Å². The van der Waals surface area contributed by atoms with Gasteiger partial charge in [-0.05, 0) is 73.4 Å². The van der Waals surface area contributed by atoms with Crippen molar-refractivity contribution in [3.05, 3.63) is 82.9 Å². The molecule has 3 aromatic rings. The summed E-state index contributed by atoms with van der Waals surface area (Å²) in [5.41, 5.74) is 3.64. The number of methoxy groups -OCH3 is 2. The molecule has 0 saturated carbocycles. The number of hydrogen-bond donors (Lipinski definition) is 0. The monoisotopic (exact) mass is 425 g/mol. The number of ether oxygens (including phenoxy) is 2. The highest BCUT2D eigenvalue weighted by atomic mass is 32.2. The molecule has 0 aromatic heterocycles. The second-order valence-corrected chi connectivity index (χ2v) is 8.97. The summed E-state index contributed by atoms with van der Waals surface area (Å²) in [5.74, 6) is 1.35. The van der Waals surface area contributed by atoms with E-state index in [1.807, 2.05) is 44.2 Å². The Hall–Kier alpha value is -2.99. The van der Waals surface area contributed by atoms with Gasteiger partial charge in [0.2, 0.25) is 0 Å². The number of nitrogens with zero attached hydrogens (tertiary/aromatic N) is 1. The summed E-state index contributed by atoms with van der Waals surface area (Å²) in [5, 5.41) is 0. The maximum absolute atomic E-state index is 13.9. The van der Waals surface area contributed by atoms with E-state index in [0.29, 0.717) is 33.2 Å². The van der Waals surface area contributed by atoms with E-state index in [1.165, 1.54) is 4.31 Å². The van der Waals surface area contributed by atoms with Crippen molar-refractivity contribution in [3.63, 3.8) is 0 Å². The summed E-state index contributed by atoms with van der Waals surface area (Å²) < 4.78 is 40.0. The van der Waals surface area contributed by atoms with Crippen molar-refractivity contribution in [2.75, 3.05) is 18.5 Å². The smallest absolute Gasteiger partial charge is 0.265 e. The molecule has 0 saturated heterocycles. The van der Waals surface area contributed by atoms with Crippen LogP contribution in [-0.4, -0.2) is 22.6 Å². The van der Waals surface area contributed by atoms with Crippen molar-refractivity contribution < 1.29 is 17.9 Å². The van der Waals surface area contributed by atoms with E-state index >= 15 is 0 Å². The molecule has 0 radical (unpaired) electrons. The van der Waals surface area contributed by atoms with E-state index in [9.17, 15) is 8.42 Å². The molecule has 0 N–H and O–H groups in total. The van der Waals surface area contributed by atoms with E-state index in [0.717, 1.165) is 11.1 Å². The second kappa shape index (κ2) is 8.79. The Balaban J connectivity index is 2.18. The van der Waals surface area contributed by atoms with Gasteiger partial charge < -0.3 is 9.47 Å². The molecule has 0 aliphatic heterocycles. The maximum atomic E-state index is 13.9. The van der Waals surface area contributed by atoms with Crippen LogP contribution in [0.2, 0.25) is 0 Å². The van der Waals surface area contributed by atoms with Crippen LogP contribution in [0.25, 0.3) is 0 Å². The molecular formula is C24H27NO4S. The molecule has 0 spiro atoms. The lowest BCUT2D eigenvalue weighted by atomic mass is 10.1. The van der Waals surface area contributed by atoms with Gasteiger partial charge in [-0.15, -0.1) is 0 Å². The van der Waals surface area contributed by atoms with Crippen LogP contribution in [0, 0.1) is 20.8 Å². The average molecular weight is 426 g/mol. The van der Waals surface area contributed by atoms with Gasteiger partial charge in [-0.25, -0.2) is 8.42 Å². The van der Waals surface area contributed by atoms with Gasteiger partial charge in [0.1, 0.15) is 11.5 Å². The Morgan fingerprint density at radius 3 is 2.03 bits per heavy atom. The van der Waals surface area contributed by atoms with Crippen molar-refractivity contribution in [1.29, 1.82) is 0 Å². The Morgan fingerprint density at radius 2 is 1.47 bits per heavy atom. The van der Waals surface area contributed by atoms with Gasteiger partial charge in [0.15, 0.2) is 0 Å². The van der Waals surface area contributed by atoms with Crippen molar-refractivity contribution in [2.24, 2.45) is 0 Å². The van der Waals surface area contributed by atoms with Crippen LogP contribution in [-0.2, 0) is 16.6 Å². The molecule has 5 nitrogen and oxygen atoms in total. The van der Waals surface area contributed by atoms with Crippen LogP contribution in [0.5, 0.6) is 11.5 Å². The number of anilines is 1. The summed E-state index contributed by atoms with van der Waals surface area (Å²) in [6, 6.07) is 18.4. The lowest BCUT2D eigenvalue weighted by Gasteiger charge is -2.27. The summed E-state index contributed by atoms with van der Waals surface area (Å²) in [6.07, 6.45) is 0. The third-order valence-electron chi connectivity index (χ3n) is 5.28. The number of hydrogen-bond acceptors (Lipinski definition) is 4. The molecule has 0 fully saturated rings. The highest BCUT2D eigenvalue weighted by Crippen LogP contribution is 2.35. The highest BCUT2D eigenvalue weighted by molar-refractivity contribution is 7.92. The minimum Gasteiger partial charge on any atom is -0.497 e. The van der Waals surface area contributed by atoms with Gasteiger partial charge in [-0.1, -0.05) is 30.3 Å². The third-order valence-corrected chi connectivity index (χ3v) is 7.34. The molecule has 6 heteroatoms. The van der Waals surface area contributed by atoms with E-state index in [2.05, 4.69) is 0 Å². The Morgan fingerprint density at radius 1 is 0.833 bits per heavy atom. The van der Waals surface area contributed by atoms with Gasteiger partial charge in [0.05, 0.1) is 31.3 Å². The van der Waals surface area contributed by atoms with E-state index in [4.69, 9.17) is 9.47 Å². The van der Waals surface area contributed by atoms with Gasteiger partial charge in [-0.3, -0.25) is 4.31 Å². The molecule has 3 aromatic carbocycles. The Kier molecular flexibility index (Phi) is 6.37. The molecule has 0 unspecified atom stereocenters. The summed E-state index contributed by atoms with van der Waals surface area (Å²) >= 11 is 0. The summed E-state index contributed by atoms with van der Waals surface area (Å²) in [6.45, 7) is 5.73. The average Bonchev–Trinajstić information content (AvgIpc) is 2.75. The lowest BCUT2D eigenvalue weighted by Crippen LogP contribution is -2.31. The van der Waals surface area contributed by atoms with Gasteiger partial charge in [0.25, 0.3) is 10.0 Å². The predicted octanol–water partition coefficient (Wildman–Crippen LogP) is 5.02. The molecule has 0 amide bonds. The highest BCUT2D eigenvalue weighted by Gasteiger charge is 2.30. The largest absolute Gasteiger partial charge is 0.497 e. The summed E-state index contributed by atoms with van der Waals surface area (Å²) in [4.78, 5) is 0.313. The molecule has 0 atom stereocenters. The van der Waals surface area contributed by atoms with Crippen LogP contribution >= 0.6 is 0 Å². The van der Waals surface area contributed by atoms with Gasteiger partial charge in [0, 0.05) is 0 Å². The lowest BCUT2D eigenvalue weighted by molar-refractivity contribution is 0.410. The number of rotatable bonds is 7. The number of sulfonamides is 1. The first kappa shape index (κ1) is 21.7. The minimum atomic E-state index is -3.84. The van der Waals surface area contributed by atoms with Crippen molar-refractivity contribution in [3.8, 4) is 11.5 Å². The molecule has 0 heterocycles. The molecule has 0 bridgehead atoms. The van der Waals surface area contributed by atoms with Crippen molar-refractivity contribution in [1.82, 2.24) is 0 Å². The van der Waals surface area contributed by atoms with Crippen LogP contribution in [0.4, 0.5) is 5.69 Å². The summed E-state index contributed by atoms with van der Waals surface area (Å²) in [7, 11) is -0.668. The number of aryl methyl sites for hydroxylation is 1. The SMILES string of the molecule is COc1ccc(N(Cc2ccccc2)S(=O)(=O)c2c(C)cc(OC)c(C)c2C)cc1. The molecule has 0 aliphatic carbocycles. The standard InChI is InChI=1S/C24H27NO4S/c1-17-15-23(29-5)18(2)19(3)24(17)30(26,27)25(16-20-9-7-6-8-10-20)21-11-13-22(28-4)14-12-21/h6-15H,16H2,1-5H3. The molecule has 3 rings (SSSR count). The Bertz CT molecular complexity index is 1120. The zero-order valence-electron chi connectivity index (χ0n) is 18.0. The molecule has 0 aliphatic rings. The van der Waals surface area contributed by atoms with Crippen molar-refractivity contribution in [2.45, 2.75) is 32.2 Å². The van der Waals surface area contributed by atoms with Gasteiger partial charge in [-0.2, -0.15) is 0 Å². The van der Waals surface area contributed by atoms with E-state index < -0.39 is 10.0 Å². The van der Waals surface area contributed by atoms with Crippen LogP contribution in [0.1, 0.15) is 22.3 Å².